The number of unbranched alkanes of at least 4 members (excludes halogenated alkanes) is 40. The second-order valence-electron chi connectivity index (χ2n) is 20.3. The van der Waals surface area contributed by atoms with Gasteiger partial charge in [-0.05, 0) is 64.2 Å². The molecule has 1 amide bonds. The van der Waals surface area contributed by atoms with E-state index in [0.717, 1.165) is 83.5 Å². The SMILES string of the molecule is CCCCCCCCCCCCCCCCCCCCC(=O)OCCCCC/C=C\C/C=C\CCCCCCCCCC(=O)NC(CO)C(O)CCCCCCCCCCCCCCCC. The lowest BCUT2D eigenvalue weighted by Gasteiger charge is -2.22. The number of rotatable bonds is 55. The summed E-state index contributed by atoms with van der Waals surface area (Å²) in [4.78, 5) is 24.5. The quantitative estimate of drug-likeness (QED) is 0.0321. The van der Waals surface area contributed by atoms with Crippen LogP contribution in [0, 0.1) is 0 Å². The van der Waals surface area contributed by atoms with Gasteiger partial charge < -0.3 is 20.3 Å². The minimum Gasteiger partial charge on any atom is -0.466 e. The van der Waals surface area contributed by atoms with E-state index in [1.807, 2.05) is 0 Å². The average Bonchev–Trinajstić information content (AvgIpc) is 3.32. The predicted octanol–water partition coefficient (Wildman–Crippen LogP) is 18.2. The molecule has 3 N–H and O–H groups in total. The zero-order valence-electron chi connectivity index (χ0n) is 44.4. The van der Waals surface area contributed by atoms with Gasteiger partial charge in [0.2, 0.25) is 5.91 Å². The molecule has 0 bridgehead atoms. The number of hydrogen-bond donors (Lipinski definition) is 3. The maximum atomic E-state index is 12.5. The number of allylic oxidation sites excluding steroid dienone is 4. The summed E-state index contributed by atoms with van der Waals surface area (Å²) in [6.45, 7) is 4.93. The van der Waals surface area contributed by atoms with Crippen molar-refractivity contribution in [1.29, 1.82) is 0 Å². The largest absolute Gasteiger partial charge is 0.466 e. The number of nitrogens with one attached hydrogen (secondary N) is 1. The zero-order chi connectivity index (χ0) is 47.9. The fourth-order valence-electron chi connectivity index (χ4n) is 9.20. The van der Waals surface area contributed by atoms with Crippen LogP contribution in [0.15, 0.2) is 24.3 Å². The molecule has 0 aromatic rings. The van der Waals surface area contributed by atoms with Gasteiger partial charge in [-0.15, -0.1) is 0 Å². The number of amides is 1. The van der Waals surface area contributed by atoms with Crippen LogP contribution in [0.4, 0.5) is 0 Å². The monoisotopic (exact) mass is 930 g/mol. The molecule has 0 aliphatic rings. The van der Waals surface area contributed by atoms with Crippen LogP contribution in [-0.2, 0) is 14.3 Å². The third-order valence-corrected chi connectivity index (χ3v) is 13.8. The molecule has 0 saturated carbocycles. The van der Waals surface area contributed by atoms with Gasteiger partial charge in [0, 0.05) is 12.8 Å². The van der Waals surface area contributed by atoms with Crippen molar-refractivity contribution in [3.05, 3.63) is 24.3 Å². The number of carbonyl (C=O) groups is 2. The Kier molecular flexibility index (Phi) is 54.5. The summed E-state index contributed by atoms with van der Waals surface area (Å²) < 4.78 is 5.47. The van der Waals surface area contributed by atoms with Gasteiger partial charge in [-0.2, -0.15) is 0 Å². The topological polar surface area (TPSA) is 95.9 Å². The molecule has 2 unspecified atom stereocenters. The lowest BCUT2D eigenvalue weighted by Crippen LogP contribution is -2.45. The number of hydrogen-bond acceptors (Lipinski definition) is 5. The molecule has 2 atom stereocenters. The molecule has 390 valence electrons. The summed E-state index contributed by atoms with van der Waals surface area (Å²) in [5.41, 5.74) is 0. The van der Waals surface area contributed by atoms with Crippen molar-refractivity contribution in [2.45, 2.75) is 334 Å². The molecule has 0 aromatic heterocycles. The Morgan fingerprint density at radius 3 is 1.15 bits per heavy atom. The number of ether oxygens (including phenoxy) is 1. The van der Waals surface area contributed by atoms with E-state index in [1.54, 1.807) is 0 Å². The molecule has 0 saturated heterocycles. The zero-order valence-corrected chi connectivity index (χ0v) is 44.4. The van der Waals surface area contributed by atoms with Crippen molar-refractivity contribution >= 4 is 11.9 Å². The normalized spacial score (nSPS) is 12.7. The maximum absolute atomic E-state index is 12.5. The highest BCUT2D eigenvalue weighted by molar-refractivity contribution is 5.76. The highest BCUT2D eigenvalue weighted by Gasteiger charge is 2.20. The molecule has 0 radical (unpaired) electrons. The molecule has 0 rings (SSSR count). The first-order chi connectivity index (χ1) is 32.5. The van der Waals surface area contributed by atoms with E-state index < -0.39 is 12.1 Å². The van der Waals surface area contributed by atoms with E-state index in [-0.39, 0.29) is 18.5 Å². The molecule has 0 heterocycles. The van der Waals surface area contributed by atoms with E-state index in [0.29, 0.717) is 25.9 Å². The molecule has 66 heavy (non-hydrogen) atoms. The Labute approximate surface area is 411 Å². The Hall–Kier alpha value is -1.66. The van der Waals surface area contributed by atoms with Crippen molar-refractivity contribution < 1.29 is 24.5 Å². The molecule has 0 fully saturated rings. The number of esters is 1. The van der Waals surface area contributed by atoms with Crippen LogP contribution in [-0.4, -0.2) is 47.4 Å². The van der Waals surface area contributed by atoms with Gasteiger partial charge in [-0.3, -0.25) is 9.59 Å². The molecular formula is C60H115NO5. The van der Waals surface area contributed by atoms with Crippen molar-refractivity contribution in [3.63, 3.8) is 0 Å². The Bertz CT molecular complexity index is 1030. The van der Waals surface area contributed by atoms with Crippen LogP contribution >= 0.6 is 0 Å². The fraction of sp³-hybridized carbons (Fsp3) is 0.900. The first kappa shape index (κ1) is 64.3. The van der Waals surface area contributed by atoms with Gasteiger partial charge in [0.15, 0.2) is 0 Å². The van der Waals surface area contributed by atoms with Crippen LogP contribution < -0.4 is 5.32 Å². The molecular weight excluding hydrogens is 815 g/mol. The Morgan fingerprint density at radius 2 is 0.758 bits per heavy atom. The molecule has 6 heteroatoms. The average molecular weight is 931 g/mol. The van der Waals surface area contributed by atoms with Crippen molar-refractivity contribution in [1.82, 2.24) is 5.32 Å². The Balaban J connectivity index is 3.46. The van der Waals surface area contributed by atoms with Crippen molar-refractivity contribution in [3.8, 4) is 0 Å². The smallest absolute Gasteiger partial charge is 0.305 e. The second kappa shape index (κ2) is 55.9. The van der Waals surface area contributed by atoms with Gasteiger partial charge in [-0.1, -0.05) is 269 Å². The van der Waals surface area contributed by atoms with Crippen LogP contribution in [0.25, 0.3) is 0 Å². The summed E-state index contributed by atoms with van der Waals surface area (Å²) in [6.07, 6.45) is 67.5. The summed E-state index contributed by atoms with van der Waals surface area (Å²) in [5, 5.41) is 23.2. The third-order valence-electron chi connectivity index (χ3n) is 13.8. The fourth-order valence-corrected chi connectivity index (χ4v) is 9.20. The second-order valence-corrected chi connectivity index (χ2v) is 20.3. The number of carbonyl (C=O) groups excluding carboxylic acids is 2. The van der Waals surface area contributed by atoms with Gasteiger partial charge >= 0.3 is 5.97 Å². The number of aliphatic hydroxyl groups is 2. The molecule has 0 aliphatic heterocycles. The van der Waals surface area contributed by atoms with Crippen LogP contribution in [0.1, 0.15) is 322 Å². The van der Waals surface area contributed by atoms with Gasteiger partial charge in [0.1, 0.15) is 0 Å². The third kappa shape index (κ3) is 51.7. The lowest BCUT2D eigenvalue weighted by atomic mass is 10.0. The van der Waals surface area contributed by atoms with Crippen LogP contribution in [0.2, 0.25) is 0 Å². The van der Waals surface area contributed by atoms with E-state index in [9.17, 15) is 19.8 Å². The molecule has 0 aliphatic carbocycles. The first-order valence-electron chi connectivity index (χ1n) is 29.6. The lowest BCUT2D eigenvalue weighted by molar-refractivity contribution is -0.143. The van der Waals surface area contributed by atoms with E-state index in [2.05, 4.69) is 43.5 Å². The summed E-state index contributed by atoms with van der Waals surface area (Å²) in [5.74, 6) is -0.0607. The highest BCUT2D eigenvalue weighted by atomic mass is 16.5. The molecule has 6 nitrogen and oxygen atoms in total. The van der Waals surface area contributed by atoms with E-state index in [1.165, 1.54) is 205 Å². The Morgan fingerprint density at radius 1 is 0.424 bits per heavy atom. The minimum atomic E-state index is -0.674. The molecule has 0 aromatic carbocycles. The van der Waals surface area contributed by atoms with Crippen LogP contribution in [0.5, 0.6) is 0 Å². The number of aliphatic hydroxyl groups excluding tert-OH is 2. The minimum absolute atomic E-state index is 0.0108. The van der Waals surface area contributed by atoms with Gasteiger partial charge in [-0.25, -0.2) is 0 Å². The predicted molar refractivity (Wildman–Crippen MR) is 287 cm³/mol. The van der Waals surface area contributed by atoms with Crippen molar-refractivity contribution in [2.24, 2.45) is 0 Å². The first-order valence-corrected chi connectivity index (χ1v) is 29.6. The summed E-state index contributed by atoms with van der Waals surface area (Å²) in [6, 6.07) is -0.553. The van der Waals surface area contributed by atoms with Crippen molar-refractivity contribution in [2.75, 3.05) is 13.2 Å². The maximum Gasteiger partial charge on any atom is 0.305 e. The standard InChI is InChI=1S/C60H115NO5/c1-3-5-7-9-11-13-15-17-19-20-23-26-30-34-38-42-46-50-54-60(65)66-55-51-47-43-39-35-31-27-24-21-22-25-29-33-37-41-45-49-53-59(64)61-57(56-62)58(63)52-48-44-40-36-32-28-18-16-14-12-10-8-6-4-2/h21,24,31,35,57-58,62-63H,3-20,22-23,25-30,32-34,36-56H2,1-2H3,(H,61,64)/b24-21-,35-31-. The molecule has 0 spiro atoms. The van der Waals surface area contributed by atoms with E-state index >= 15 is 0 Å². The summed E-state index contributed by atoms with van der Waals surface area (Å²) in [7, 11) is 0. The highest BCUT2D eigenvalue weighted by Crippen LogP contribution is 2.17. The van der Waals surface area contributed by atoms with Crippen LogP contribution in [0.3, 0.4) is 0 Å². The summed E-state index contributed by atoms with van der Waals surface area (Å²) >= 11 is 0. The van der Waals surface area contributed by atoms with Gasteiger partial charge in [0.05, 0.1) is 25.4 Å². The van der Waals surface area contributed by atoms with E-state index in [4.69, 9.17) is 4.74 Å². The van der Waals surface area contributed by atoms with Gasteiger partial charge in [0.25, 0.3) is 0 Å².